The summed E-state index contributed by atoms with van der Waals surface area (Å²) in [5, 5.41) is 3.25. The molecule has 0 heterocycles. The molecule has 0 radical (unpaired) electrons. The summed E-state index contributed by atoms with van der Waals surface area (Å²) in [4.78, 5) is 0.289. The summed E-state index contributed by atoms with van der Waals surface area (Å²) in [6, 6.07) is 6.97. The van der Waals surface area contributed by atoms with E-state index in [9.17, 15) is 8.42 Å². The van der Waals surface area contributed by atoms with Crippen LogP contribution in [0, 0.1) is 0 Å². The molecule has 0 saturated heterocycles. The van der Waals surface area contributed by atoms with Gasteiger partial charge in [0.15, 0.2) is 0 Å². The third-order valence-electron chi connectivity index (χ3n) is 2.93. The van der Waals surface area contributed by atoms with Crippen LogP contribution >= 0.6 is 0 Å². The van der Waals surface area contributed by atoms with E-state index in [4.69, 9.17) is 4.74 Å². The fourth-order valence-corrected chi connectivity index (χ4v) is 2.81. The molecule has 0 aromatic heterocycles. The van der Waals surface area contributed by atoms with Gasteiger partial charge in [-0.1, -0.05) is 19.1 Å². The summed E-state index contributed by atoms with van der Waals surface area (Å²) in [6.45, 7) is 5.76. The minimum atomic E-state index is -3.48. The highest BCUT2D eigenvalue weighted by Gasteiger charge is 2.15. The smallest absolute Gasteiger partial charge is 0.240 e. The molecule has 0 amide bonds. The number of rotatable bonds is 9. The second-order valence-electron chi connectivity index (χ2n) is 4.72. The molecule has 0 bridgehead atoms. The van der Waals surface area contributed by atoms with Gasteiger partial charge in [-0.3, -0.25) is 0 Å². The zero-order valence-corrected chi connectivity index (χ0v) is 13.2. The summed E-state index contributed by atoms with van der Waals surface area (Å²) in [6.07, 6.45) is 0.897. The average Bonchev–Trinajstić information content (AvgIpc) is 2.45. The van der Waals surface area contributed by atoms with E-state index in [1.54, 1.807) is 25.3 Å². The number of hydrogen-bond acceptors (Lipinski definition) is 4. The number of methoxy groups -OCH3 is 1. The maximum Gasteiger partial charge on any atom is 0.240 e. The van der Waals surface area contributed by atoms with Gasteiger partial charge in [-0.25, -0.2) is 13.1 Å². The fraction of sp³-hybridized carbons (Fsp3) is 0.571. The summed E-state index contributed by atoms with van der Waals surface area (Å²) < 4.78 is 31.9. The predicted octanol–water partition coefficient (Wildman–Crippen LogP) is 1.50. The number of sulfonamides is 1. The van der Waals surface area contributed by atoms with Gasteiger partial charge in [-0.15, -0.1) is 0 Å². The van der Waals surface area contributed by atoms with Gasteiger partial charge in [-0.2, -0.15) is 0 Å². The molecule has 6 heteroatoms. The van der Waals surface area contributed by atoms with Crippen molar-refractivity contribution in [3.05, 3.63) is 29.8 Å². The van der Waals surface area contributed by atoms with Gasteiger partial charge in [0.05, 0.1) is 11.0 Å². The molecule has 1 rings (SSSR count). The first-order chi connectivity index (χ1) is 9.49. The molecule has 2 N–H and O–H groups in total. The minimum Gasteiger partial charge on any atom is -0.380 e. The van der Waals surface area contributed by atoms with Crippen molar-refractivity contribution >= 4 is 10.0 Å². The van der Waals surface area contributed by atoms with E-state index in [2.05, 4.69) is 17.0 Å². The Kier molecular flexibility index (Phi) is 7.15. The van der Waals surface area contributed by atoms with E-state index in [0.717, 1.165) is 18.5 Å². The summed E-state index contributed by atoms with van der Waals surface area (Å²) in [7, 11) is -1.92. The van der Waals surface area contributed by atoms with E-state index < -0.39 is 10.0 Å². The molecule has 0 aliphatic carbocycles. The van der Waals surface area contributed by atoms with Gasteiger partial charge in [-0.05, 0) is 37.6 Å². The van der Waals surface area contributed by atoms with Crippen LogP contribution in [-0.2, 0) is 21.3 Å². The Balaban J connectivity index is 2.71. The quantitative estimate of drug-likeness (QED) is 0.678. The predicted molar refractivity (Wildman–Crippen MR) is 80.1 cm³/mol. The number of hydrogen-bond donors (Lipinski definition) is 2. The largest absolute Gasteiger partial charge is 0.380 e. The van der Waals surface area contributed by atoms with Crippen LogP contribution in [0.2, 0.25) is 0 Å². The Morgan fingerprint density at radius 1 is 1.35 bits per heavy atom. The molecule has 1 aromatic rings. The lowest BCUT2D eigenvalue weighted by atomic mass is 10.2. The standard InChI is InChI=1S/C14H24N2O3S/c1-4-8-15-11-13-6-5-7-14(9-13)20(17,18)16-10-12(2)19-3/h5-7,9,12,15-16H,4,8,10-11H2,1-3H3. The Morgan fingerprint density at radius 3 is 2.75 bits per heavy atom. The van der Waals surface area contributed by atoms with Gasteiger partial charge in [0.1, 0.15) is 0 Å². The molecule has 114 valence electrons. The van der Waals surface area contributed by atoms with E-state index in [1.807, 2.05) is 13.0 Å². The van der Waals surface area contributed by atoms with Crippen molar-refractivity contribution in [3.63, 3.8) is 0 Å². The zero-order chi connectivity index (χ0) is 15.0. The van der Waals surface area contributed by atoms with E-state index in [-0.39, 0.29) is 17.5 Å². The molecule has 0 fully saturated rings. The molecule has 0 spiro atoms. The summed E-state index contributed by atoms with van der Waals surface area (Å²) in [5.74, 6) is 0. The van der Waals surface area contributed by atoms with Crippen LogP contribution in [0.3, 0.4) is 0 Å². The number of benzene rings is 1. The van der Waals surface area contributed by atoms with Crippen LogP contribution in [0.5, 0.6) is 0 Å². The van der Waals surface area contributed by atoms with Crippen LogP contribution in [0.1, 0.15) is 25.8 Å². The van der Waals surface area contributed by atoms with Gasteiger partial charge in [0, 0.05) is 20.2 Å². The topological polar surface area (TPSA) is 67.4 Å². The third kappa shape index (κ3) is 5.58. The first kappa shape index (κ1) is 17.1. The molecule has 1 unspecified atom stereocenters. The first-order valence-corrected chi connectivity index (χ1v) is 8.30. The highest BCUT2D eigenvalue weighted by Crippen LogP contribution is 2.11. The van der Waals surface area contributed by atoms with Crippen LogP contribution in [0.4, 0.5) is 0 Å². The molecule has 0 aliphatic rings. The minimum absolute atomic E-state index is 0.154. The molecule has 0 aliphatic heterocycles. The van der Waals surface area contributed by atoms with Gasteiger partial charge >= 0.3 is 0 Å². The van der Waals surface area contributed by atoms with Gasteiger partial charge in [0.25, 0.3) is 0 Å². The zero-order valence-electron chi connectivity index (χ0n) is 12.3. The summed E-state index contributed by atoms with van der Waals surface area (Å²) >= 11 is 0. The SMILES string of the molecule is CCCNCc1cccc(S(=O)(=O)NCC(C)OC)c1. The van der Waals surface area contributed by atoms with Crippen LogP contribution in [-0.4, -0.2) is 34.7 Å². The second kappa shape index (κ2) is 8.36. The summed E-state index contributed by atoms with van der Waals surface area (Å²) in [5.41, 5.74) is 0.959. The molecular formula is C14H24N2O3S. The second-order valence-corrected chi connectivity index (χ2v) is 6.49. The van der Waals surface area contributed by atoms with E-state index in [0.29, 0.717) is 6.54 Å². The average molecular weight is 300 g/mol. The highest BCUT2D eigenvalue weighted by atomic mass is 32.2. The molecule has 20 heavy (non-hydrogen) atoms. The van der Waals surface area contributed by atoms with Crippen LogP contribution in [0.15, 0.2) is 29.2 Å². The maximum atomic E-state index is 12.1. The lowest BCUT2D eigenvalue weighted by Crippen LogP contribution is -2.31. The maximum absolute atomic E-state index is 12.1. The van der Waals surface area contributed by atoms with Crippen molar-refractivity contribution in [1.29, 1.82) is 0 Å². The Bertz CT molecular complexity index is 503. The molecule has 5 nitrogen and oxygen atoms in total. The lowest BCUT2D eigenvalue weighted by molar-refractivity contribution is 0.122. The van der Waals surface area contributed by atoms with Crippen molar-refractivity contribution in [1.82, 2.24) is 10.0 Å². The van der Waals surface area contributed by atoms with Crippen LogP contribution < -0.4 is 10.0 Å². The van der Waals surface area contributed by atoms with Crippen molar-refractivity contribution in [2.75, 3.05) is 20.2 Å². The monoisotopic (exact) mass is 300 g/mol. The Hall–Kier alpha value is -0.950. The van der Waals surface area contributed by atoms with Crippen molar-refractivity contribution in [3.8, 4) is 0 Å². The molecule has 0 saturated carbocycles. The first-order valence-electron chi connectivity index (χ1n) is 6.81. The molecular weight excluding hydrogens is 276 g/mol. The third-order valence-corrected chi connectivity index (χ3v) is 4.35. The van der Waals surface area contributed by atoms with Gasteiger partial charge in [0.2, 0.25) is 10.0 Å². The molecule has 1 atom stereocenters. The van der Waals surface area contributed by atoms with Crippen molar-refractivity contribution in [2.24, 2.45) is 0 Å². The fourth-order valence-electron chi connectivity index (χ4n) is 1.63. The van der Waals surface area contributed by atoms with E-state index in [1.165, 1.54) is 0 Å². The highest BCUT2D eigenvalue weighted by molar-refractivity contribution is 7.89. The molecule has 1 aromatic carbocycles. The number of ether oxygens (including phenoxy) is 1. The van der Waals surface area contributed by atoms with Crippen molar-refractivity contribution in [2.45, 2.75) is 37.8 Å². The van der Waals surface area contributed by atoms with Crippen LogP contribution in [0.25, 0.3) is 0 Å². The number of nitrogens with one attached hydrogen (secondary N) is 2. The Morgan fingerprint density at radius 2 is 2.10 bits per heavy atom. The van der Waals surface area contributed by atoms with Crippen molar-refractivity contribution < 1.29 is 13.2 Å². The van der Waals surface area contributed by atoms with Gasteiger partial charge < -0.3 is 10.1 Å². The Labute approximate surface area is 121 Å². The normalized spacial score (nSPS) is 13.3. The lowest BCUT2D eigenvalue weighted by Gasteiger charge is -2.12. The van der Waals surface area contributed by atoms with E-state index >= 15 is 0 Å².